The molecule has 0 saturated carbocycles. The number of nitrogens with one attached hydrogen (secondary N) is 2. The third-order valence-corrected chi connectivity index (χ3v) is 6.22. The van der Waals surface area contributed by atoms with Crippen LogP contribution in [0.25, 0.3) is 54.9 Å². The van der Waals surface area contributed by atoms with Gasteiger partial charge in [0.2, 0.25) is 0 Å². The molecule has 0 saturated heterocycles. The highest BCUT2D eigenvalue weighted by molar-refractivity contribution is 7.13. The zero-order valence-electron chi connectivity index (χ0n) is 16.5. The predicted octanol–water partition coefficient (Wildman–Crippen LogP) is 4.23. The van der Waals surface area contributed by atoms with Crippen LogP contribution in [0.15, 0.2) is 71.4 Å². The first-order chi connectivity index (χ1) is 15.7. The van der Waals surface area contributed by atoms with Crippen LogP contribution in [-0.2, 0) is 0 Å². The zero-order valence-corrected chi connectivity index (χ0v) is 17.4. The highest BCUT2D eigenvalue weighted by atomic mass is 32.1. The molecule has 0 spiro atoms. The maximum Gasteiger partial charge on any atom is 0.261 e. The van der Waals surface area contributed by atoms with Gasteiger partial charge in [-0.2, -0.15) is 5.10 Å². The van der Waals surface area contributed by atoms with Crippen LogP contribution in [0.3, 0.4) is 0 Å². The molecule has 8 nitrogen and oxygen atoms in total. The number of H-pyrrole nitrogens is 2. The Morgan fingerprint density at radius 1 is 1.00 bits per heavy atom. The van der Waals surface area contributed by atoms with Gasteiger partial charge in [0.05, 0.1) is 28.3 Å². The Balaban J connectivity index is 1.73. The molecule has 0 bridgehead atoms. The molecule has 154 valence electrons. The number of aromatic nitrogens is 6. The van der Waals surface area contributed by atoms with E-state index < -0.39 is 0 Å². The largest absolute Gasteiger partial charge is 0.398 e. The smallest absolute Gasteiger partial charge is 0.261 e. The maximum absolute atomic E-state index is 13.3. The summed E-state index contributed by atoms with van der Waals surface area (Å²) in [7, 11) is 0. The predicted molar refractivity (Wildman–Crippen MR) is 126 cm³/mol. The quantitative estimate of drug-likeness (QED) is 0.356. The number of nitrogen functional groups attached to an aromatic ring is 1. The lowest BCUT2D eigenvalue weighted by molar-refractivity contribution is 1.12. The fourth-order valence-corrected chi connectivity index (χ4v) is 4.59. The minimum atomic E-state index is -0.307. The summed E-state index contributed by atoms with van der Waals surface area (Å²) < 4.78 is 0. The van der Waals surface area contributed by atoms with Crippen LogP contribution in [-0.4, -0.2) is 30.1 Å². The third kappa shape index (κ3) is 2.79. The molecule has 0 amide bonds. The van der Waals surface area contributed by atoms with E-state index in [1.807, 2.05) is 29.6 Å². The molecule has 0 unspecified atom stereocenters. The summed E-state index contributed by atoms with van der Waals surface area (Å²) in [6.07, 6.45) is 6.80. The molecule has 9 heteroatoms. The number of nitrogens with two attached hydrogens (primary N) is 1. The van der Waals surface area contributed by atoms with Gasteiger partial charge >= 0.3 is 0 Å². The van der Waals surface area contributed by atoms with Crippen LogP contribution in [0.5, 0.6) is 0 Å². The summed E-state index contributed by atoms with van der Waals surface area (Å²) in [6, 6.07) is 11.4. The molecular weight excluding hydrogens is 422 g/mol. The first kappa shape index (κ1) is 18.4. The molecule has 4 heterocycles. The summed E-state index contributed by atoms with van der Waals surface area (Å²) in [6.45, 7) is 0. The van der Waals surface area contributed by atoms with E-state index in [2.05, 4.69) is 25.1 Å². The normalized spacial score (nSPS) is 11.4. The second-order valence-corrected chi connectivity index (χ2v) is 8.13. The summed E-state index contributed by atoms with van der Waals surface area (Å²) in [4.78, 5) is 29.5. The van der Waals surface area contributed by atoms with Crippen molar-refractivity contribution < 1.29 is 0 Å². The first-order valence-electron chi connectivity index (χ1n) is 9.80. The van der Waals surface area contributed by atoms with E-state index in [9.17, 15) is 4.79 Å². The number of aromatic amines is 2. The lowest BCUT2D eigenvalue weighted by atomic mass is 9.95. The van der Waals surface area contributed by atoms with Gasteiger partial charge in [-0.05, 0) is 29.8 Å². The van der Waals surface area contributed by atoms with E-state index >= 15 is 0 Å². The van der Waals surface area contributed by atoms with E-state index in [0.29, 0.717) is 22.4 Å². The molecule has 0 aliphatic carbocycles. The molecule has 0 aliphatic heterocycles. The van der Waals surface area contributed by atoms with Crippen molar-refractivity contribution in [3.63, 3.8) is 0 Å². The number of fused-ring (bicyclic) bond motifs is 2. The Morgan fingerprint density at radius 3 is 2.69 bits per heavy atom. The van der Waals surface area contributed by atoms with Crippen LogP contribution in [0.4, 0.5) is 5.69 Å². The van der Waals surface area contributed by atoms with Crippen LogP contribution in [0.2, 0.25) is 0 Å². The van der Waals surface area contributed by atoms with Crippen molar-refractivity contribution in [1.29, 1.82) is 0 Å². The molecule has 6 rings (SSSR count). The first-order valence-corrected chi connectivity index (χ1v) is 10.7. The van der Waals surface area contributed by atoms with Crippen LogP contribution in [0.1, 0.15) is 0 Å². The second-order valence-electron chi connectivity index (χ2n) is 7.23. The fourth-order valence-electron chi connectivity index (χ4n) is 3.93. The Bertz CT molecular complexity index is 1650. The second kappa shape index (κ2) is 7.10. The average Bonchev–Trinajstić information content (AvgIpc) is 3.52. The van der Waals surface area contributed by atoms with Crippen LogP contribution >= 0.6 is 11.3 Å². The number of nitrogens with zero attached hydrogens (tertiary/aromatic N) is 4. The van der Waals surface area contributed by atoms with Crippen molar-refractivity contribution in [3.05, 3.63) is 76.9 Å². The minimum Gasteiger partial charge on any atom is -0.398 e. The van der Waals surface area contributed by atoms with Gasteiger partial charge in [0.25, 0.3) is 5.56 Å². The molecular formula is C23H15N7OS. The van der Waals surface area contributed by atoms with Gasteiger partial charge in [0, 0.05) is 46.0 Å². The number of benzene rings is 2. The summed E-state index contributed by atoms with van der Waals surface area (Å²) in [5, 5.41) is 11.0. The van der Waals surface area contributed by atoms with Crippen molar-refractivity contribution in [3.8, 4) is 33.1 Å². The fraction of sp³-hybridized carbons (Fsp3) is 0. The summed E-state index contributed by atoms with van der Waals surface area (Å²) in [5.74, 6) is 0.451. The van der Waals surface area contributed by atoms with Gasteiger partial charge < -0.3 is 10.7 Å². The molecule has 4 aromatic heterocycles. The van der Waals surface area contributed by atoms with E-state index in [1.165, 1.54) is 11.3 Å². The molecule has 0 aliphatic rings. The Labute approximate surface area is 184 Å². The third-order valence-electron chi connectivity index (χ3n) is 5.41. The van der Waals surface area contributed by atoms with Gasteiger partial charge in [0.15, 0.2) is 0 Å². The molecule has 32 heavy (non-hydrogen) atoms. The Hall–Kier alpha value is -4.37. The number of anilines is 1. The molecule has 2 aromatic carbocycles. The van der Waals surface area contributed by atoms with Crippen molar-refractivity contribution >= 4 is 38.8 Å². The summed E-state index contributed by atoms with van der Waals surface area (Å²) >= 11 is 1.48. The highest BCUT2D eigenvalue weighted by Gasteiger charge is 2.20. The molecule has 4 N–H and O–H groups in total. The van der Waals surface area contributed by atoms with Crippen molar-refractivity contribution in [2.45, 2.75) is 0 Å². The highest BCUT2D eigenvalue weighted by Crippen LogP contribution is 2.40. The zero-order chi connectivity index (χ0) is 21.7. The van der Waals surface area contributed by atoms with E-state index in [-0.39, 0.29) is 5.56 Å². The maximum atomic E-state index is 13.3. The molecule has 0 atom stereocenters. The van der Waals surface area contributed by atoms with Crippen molar-refractivity contribution in [2.24, 2.45) is 0 Å². The lowest BCUT2D eigenvalue weighted by Crippen LogP contribution is -2.13. The van der Waals surface area contributed by atoms with Gasteiger partial charge in [-0.15, -0.1) is 11.3 Å². The van der Waals surface area contributed by atoms with Gasteiger partial charge in [0.1, 0.15) is 10.8 Å². The van der Waals surface area contributed by atoms with Gasteiger partial charge in [-0.25, -0.2) is 9.97 Å². The lowest BCUT2D eigenvalue weighted by Gasteiger charge is -2.14. The number of thiazole rings is 1. The molecule has 0 fully saturated rings. The van der Waals surface area contributed by atoms with Crippen LogP contribution < -0.4 is 11.3 Å². The average molecular weight is 437 g/mol. The number of pyridine rings is 1. The number of rotatable bonds is 3. The molecule has 6 aromatic rings. The van der Waals surface area contributed by atoms with E-state index in [4.69, 9.17) is 10.7 Å². The molecule has 0 radical (unpaired) electrons. The van der Waals surface area contributed by atoms with Crippen molar-refractivity contribution in [2.75, 3.05) is 5.73 Å². The Kier molecular flexibility index (Phi) is 4.08. The SMILES string of the molecule is Nc1c(-c2cccc3[nH]ncc23)cc(-c2nccs2)c2nc(-c3ccncc3)[nH]c(=O)c12. The number of hydrogen-bond acceptors (Lipinski definition) is 7. The summed E-state index contributed by atoms with van der Waals surface area (Å²) in [5.41, 5.74) is 11.2. The van der Waals surface area contributed by atoms with Crippen LogP contribution in [0, 0.1) is 0 Å². The monoisotopic (exact) mass is 437 g/mol. The van der Waals surface area contributed by atoms with Gasteiger partial charge in [-0.1, -0.05) is 12.1 Å². The Morgan fingerprint density at radius 2 is 1.88 bits per heavy atom. The van der Waals surface area contributed by atoms with E-state index in [0.717, 1.165) is 38.2 Å². The standard InChI is InChI=1S/C23H15N7OS/c24-19-14(13-2-1-3-17-16(13)11-27-30-17)10-15(23-26-8-9-32-23)20-18(19)22(31)29-21(28-20)12-4-6-25-7-5-12/h1-11H,24H2,(H,27,30)(H,28,29,31). The van der Waals surface area contributed by atoms with E-state index in [1.54, 1.807) is 36.9 Å². The minimum absolute atomic E-state index is 0.307. The number of hydrogen-bond donors (Lipinski definition) is 3. The van der Waals surface area contributed by atoms with Crippen molar-refractivity contribution in [1.82, 2.24) is 30.1 Å². The van der Waals surface area contributed by atoms with Gasteiger partial charge in [-0.3, -0.25) is 14.9 Å². The topological polar surface area (TPSA) is 126 Å².